The Bertz CT molecular complexity index is 451. The third-order valence-electron chi connectivity index (χ3n) is 2.76. The fraction of sp³-hybridized carbons (Fsp3) is 0.462. The summed E-state index contributed by atoms with van der Waals surface area (Å²) >= 11 is 0. The smallest absolute Gasteiger partial charge is 0.130 e. The number of nitrogens with one attached hydrogen (secondary N) is 1. The van der Waals surface area contributed by atoms with Crippen molar-refractivity contribution in [1.82, 2.24) is 15.5 Å². The molecule has 1 N–H and O–H groups in total. The van der Waals surface area contributed by atoms with E-state index in [1.54, 1.807) is 11.0 Å². The second-order valence-corrected chi connectivity index (χ2v) is 5.53. The van der Waals surface area contributed by atoms with Crippen molar-refractivity contribution >= 4 is 0 Å². The van der Waals surface area contributed by atoms with Crippen LogP contribution in [0.15, 0.2) is 30.6 Å². The molecule has 0 spiro atoms. The summed E-state index contributed by atoms with van der Waals surface area (Å²) in [5.74, 6) is 0. The van der Waals surface area contributed by atoms with Gasteiger partial charge in [-0.3, -0.25) is 0 Å². The van der Waals surface area contributed by atoms with Gasteiger partial charge in [-0.2, -0.15) is 0 Å². The first-order valence-corrected chi connectivity index (χ1v) is 5.92. The monoisotopic (exact) mass is 231 g/mol. The molecule has 2 rings (SSSR count). The minimum atomic E-state index is 0.390. The molecule has 0 radical (unpaired) electrons. The summed E-state index contributed by atoms with van der Waals surface area (Å²) in [5, 5.41) is 10.2. The van der Waals surface area contributed by atoms with Gasteiger partial charge >= 0.3 is 0 Å². The van der Waals surface area contributed by atoms with Crippen LogP contribution in [0, 0.1) is 5.41 Å². The molecular formula is C13H19N4+. The Morgan fingerprint density at radius 2 is 1.88 bits per heavy atom. The van der Waals surface area contributed by atoms with E-state index >= 15 is 0 Å². The number of nitrogens with zero attached hydrogens (tertiary/aromatic N) is 3. The molecule has 0 unspecified atom stereocenters. The molecule has 90 valence electrons. The van der Waals surface area contributed by atoms with E-state index in [1.807, 2.05) is 0 Å². The molecule has 0 bridgehead atoms. The van der Waals surface area contributed by atoms with Crippen LogP contribution in [0.3, 0.4) is 0 Å². The zero-order valence-electron chi connectivity index (χ0n) is 10.6. The van der Waals surface area contributed by atoms with Gasteiger partial charge in [0, 0.05) is 0 Å². The first kappa shape index (κ1) is 11.8. The lowest BCUT2D eigenvalue weighted by Gasteiger charge is -2.17. The highest BCUT2D eigenvalue weighted by Crippen LogP contribution is 2.21. The van der Waals surface area contributed by atoms with Gasteiger partial charge < -0.3 is 0 Å². The molecule has 0 amide bonds. The molecule has 0 fully saturated rings. The van der Waals surface area contributed by atoms with E-state index in [0.717, 1.165) is 12.1 Å². The molecule has 0 saturated carbocycles. The third kappa shape index (κ3) is 3.37. The lowest BCUT2D eigenvalue weighted by Crippen LogP contribution is -2.31. The molecule has 1 aromatic carbocycles. The van der Waals surface area contributed by atoms with Crippen LogP contribution in [-0.2, 0) is 6.42 Å². The van der Waals surface area contributed by atoms with E-state index in [1.165, 1.54) is 12.0 Å². The first-order valence-electron chi connectivity index (χ1n) is 5.92. The second kappa shape index (κ2) is 4.65. The number of tetrazole rings is 1. The number of hydrogen-bond donors (Lipinski definition) is 1. The van der Waals surface area contributed by atoms with E-state index in [9.17, 15) is 0 Å². The van der Waals surface area contributed by atoms with E-state index < -0.39 is 0 Å². The maximum Gasteiger partial charge on any atom is 0.293 e. The lowest BCUT2D eigenvalue weighted by molar-refractivity contribution is -0.660. The van der Waals surface area contributed by atoms with Crippen molar-refractivity contribution in [2.45, 2.75) is 33.6 Å². The van der Waals surface area contributed by atoms with Gasteiger partial charge in [-0.1, -0.05) is 38.1 Å². The largest absolute Gasteiger partial charge is 0.293 e. The fourth-order valence-electron chi connectivity index (χ4n) is 1.64. The Hall–Kier alpha value is -1.71. The Labute approximate surface area is 102 Å². The summed E-state index contributed by atoms with van der Waals surface area (Å²) in [6.45, 7) is 6.81. The van der Waals surface area contributed by atoms with Crippen LogP contribution in [0.1, 0.15) is 32.8 Å². The highest BCUT2D eigenvalue weighted by atomic mass is 15.5. The van der Waals surface area contributed by atoms with Crippen LogP contribution in [0.5, 0.6) is 0 Å². The predicted octanol–water partition coefficient (Wildman–Crippen LogP) is 2.06. The summed E-state index contributed by atoms with van der Waals surface area (Å²) in [4.78, 5) is 0. The van der Waals surface area contributed by atoms with Gasteiger partial charge in [-0.15, -0.1) is 4.68 Å². The first-order chi connectivity index (χ1) is 8.04. The number of benzene rings is 1. The molecule has 0 aliphatic heterocycles. The lowest BCUT2D eigenvalue weighted by atomic mass is 9.89. The van der Waals surface area contributed by atoms with Crippen molar-refractivity contribution in [2.24, 2.45) is 5.41 Å². The molecule has 4 nitrogen and oxygen atoms in total. The van der Waals surface area contributed by atoms with Crippen molar-refractivity contribution in [3.8, 4) is 5.69 Å². The van der Waals surface area contributed by atoms with Gasteiger partial charge in [-0.05, 0) is 36.0 Å². The average Bonchev–Trinajstić information content (AvgIpc) is 2.79. The molecule has 0 saturated heterocycles. The minimum absolute atomic E-state index is 0.390. The van der Waals surface area contributed by atoms with Crippen LogP contribution in [0.4, 0.5) is 0 Å². The van der Waals surface area contributed by atoms with Crippen molar-refractivity contribution in [3.05, 3.63) is 36.2 Å². The van der Waals surface area contributed by atoms with E-state index in [-0.39, 0.29) is 0 Å². The Balaban J connectivity index is 2.04. The summed E-state index contributed by atoms with van der Waals surface area (Å²) in [5.41, 5.74) is 2.81. The van der Waals surface area contributed by atoms with Crippen LogP contribution in [0.2, 0.25) is 0 Å². The van der Waals surface area contributed by atoms with Crippen molar-refractivity contribution < 1.29 is 4.68 Å². The highest BCUT2D eigenvalue weighted by molar-refractivity contribution is 5.27. The number of H-pyrrole nitrogens is 1. The topological polar surface area (TPSA) is 45.5 Å². The van der Waals surface area contributed by atoms with Gasteiger partial charge in [0.1, 0.15) is 10.8 Å². The van der Waals surface area contributed by atoms with Crippen LogP contribution >= 0.6 is 0 Å². The van der Waals surface area contributed by atoms with Crippen LogP contribution in [0.25, 0.3) is 5.69 Å². The molecule has 0 atom stereocenters. The molecule has 17 heavy (non-hydrogen) atoms. The fourth-order valence-corrected chi connectivity index (χ4v) is 1.64. The van der Waals surface area contributed by atoms with E-state index in [0.29, 0.717) is 5.41 Å². The highest BCUT2D eigenvalue weighted by Gasteiger charge is 2.10. The van der Waals surface area contributed by atoms with Gasteiger partial charge in [0.15, 0.2) is 5.21 Å². The Morgan fingerprint density at radius 1 is 1.18 bits per heavy atom. The number of aromatic amines is 1. The number of rotatable bonds is 3. The van der Waals surface area contributed by atoms with Crippen LogP contribution in [-0.4, -0.2) is 15.5 Å². The summed E-state index contributed by atoms with van der Waals surface area (Å²) in [6, 6.07) is 8.49. The zero-order chi connectivity index (χ0) is 12.3. The van der Waals surface area contributed by atoms with E-state index in [2.05, 4.69) is 60.6 Å². The number of aryl methyl sites for hydroxylation is 1. The van der Waals surface area contributed by atoms with E-state index in [4.69, 9.17) is 0 Å². The Kier molecular flexibility index (Phi) is 3.22. The Morgan fingerprint density at radius 3 is 2.41 bits per heavy atom. The summed E-state index contributed by atoms with van der Waals surface area (Å²) in [7, 11) is 0. The van der Waals surface area contributed by atoms with Crippen LogP contribution < -0.4 is 4.68 Å². The van der Waals surface area contributed by atoms with Crippen molar-refractivity contribution in [2.75, 3.05) is 0 Å². The summed E-state index contributed by atoms with van der Waals surface area (Å²) in [6.07, 6.45) is 3.98. The molecule has 1 aromatic heterocycles. The third-order valence-corrected chi connectivity index (χ3v) is 2.76. The van der Waals surface area contributed by atoms with Gasteiger partial charge in [0.25, 0.3) is 6.33 Å². The molecule has 2 aromatic rings. The van der Waals surface area contributed by atoms with Gasteiger partial charge in [0.05, 0.1) is 0 Å². The predicted molar refractivity (Wildman–Crippen MR) is 65.7 cm³/mol. The molecule has 0 aliphatic carbocycles. The molecular weight excluding hydrogens is 212 g/mol. The maximum atomic E-state index is 3.75. The second-order valence-electron chi connectivity index (χ2n) is 5.53. The zero-order valence-corrected chi connectivity index (χ0v) is 10.6. The van der Waals surface area contributed by atoms with Gasteiger partial charge in [0.2, 0.25) is 0 Å². The normalized spacial score (nSPS) is 11.7. The SMILES string of the molecule is CC(C)(C)CCc1ccc(-[n+]2cnn[nH]2)cc1. The minimum Gasteiger partial charge on any atom is -0.130 e. The number of hydrogen-bond acceptors (Lipinski definition) is 2. The quantitative estimate of drug-likeness (QED) is 0.822. The van der Waals surface area contributed by atoms with Gasteiger partial charge in [-0.25, -0.2) is 0 Å². The average molecular weight is 231 g/mol. The molecule has 1 heterocycles. The standard InChI is InChI=1S/C13H18N4/c1-13(2,3)9-8-11-4-6-12(7-5-11)17-10-14-15-16-17/h4-7,10H,8-9H2,1-3H3/p+1. The van der Waals surface area contributed by atoms with Crippen molar-refractivity contribution in [3.63, 3.8) is 0 Å². The number of aromatic nitrogens is 4. The molecule has 0 aliphatic rings. The summed E-state index contributed by atoms with van der Waals surface area (Å²) < 4.78 is 1.79. The maximum absolute atomic E-state index is 3.75. The molecule has 4 heteroatoms. The van der Waals surface area contributed by atoms with Crippen molar-refractivity contribution in [1.29, 1.82) is 0 Å².